The minimum atomic E-state index is 0.344. The monoisotopic (exact) mass is 248 g/mol. The Morgan fingerprint density at radius 3 is 2.56 bits per heavy atom. The molecule has 1 N–H and O–H groups in total. The van der Waals surface area contributed by atoms with E-state index in [1.807, 2.05) is 12.3 Å². The van der Waals surface area contributed by atoms with E-state index >= 15 is 0 Å². The van der Waals surface area contributed by atoms with E-state index in [0.717, 1.165) is 5.69 Å². The zero-order chi connectivity index (χ0) is 13.2. The third kappa shape index (κ3) is 6.15. The van der Waals surface area contributed by atoms with Gasteiger partial charge in [0.1, 0.15) is 0 Å². The second-order valence-corrected chi connectivity index (χ2v) is 5.25. The number of pyridine rings is 1. The van der Waals surface area contributed by atoms with Crippen LogP contribution in [0.15, 0.2) is 24.4 Å². The molecule has 0 aliphatic rings. The molecule has 18 heavy (non-hydrogen) atoms. The van der Waals surface area contributed by atoms with Crippen LogP contribution in [0.2, 0.25) is 0 Å². The van der Waals surface area contributed by atoms with E-state index in [-0.39, 0.29) is 0 Å². The maximum atomic E-state index is 4.39. The van der Waals surface area contributed by atoms with Gasteiger partial charge in [-0.05, 0) is 32.4 Å². The molecule has 0 bridgehead atoms. The van der Waals surface area contributed by atoms with Crippen LogP contribution in [0.3, 0.4) is 0 Å². The molecule has 0 saturated carbocycles. The van der Waals surface area contributed by atoms with Gasteiger partial charge in [0.25, 0.3) is 0 Å². The molecule has 0 spiro atoms. The molecule has 0 aromatic carbocycles. The Balaban J connectivity index is 2.17. The van der Waals surface area contributed by atoms with Gasteiger partial charge in [-0.3, -0.25) is 4.98 Å². The molecule has 1 heterocycles. The number of hydrogen-bond acceptors (Lipinski definition) is 2. The Kier molecular flexibility index (Phi) is 7.66. The number of aromatic nitrogens is 1. The molecule has 0 aliphatic heterocycles. The molecule has 0 fully saturated rings. The molecular weight excluding hydrogens is 220 g/mol. The predicted molar refractivity (Wildman–Crippen MR) is 78.6 cm³/mol. The zero-order valence-electron chi connectivity index (χ0n) is 12.2. The Labute approximate surface area is 112 Å². The second-order valence-electron chi connectivity index (χ2n) is 5.25. The third-order valence-electron chi connectivity index (χ3n) is 3.41. The van der Waals surface area contributed by atoms with Crippen LogP contribution in [0.5, 0.6) is 0 Å². The lowest BCUT2D eigenvalue weighted by Crippen LogP contribution is -2.29. The number of nitrogens with one attached hydrogen (secondary N) is 1. The van der Waals surface area contributed by atoms with Crippen LogP contribution in [0.1, 0.15) is 71.0 Å². The number of rotatable bonds is 9. The molecule has 1 unspecified atom stereocenters. The van der Waals surface area contributed by atoms with E-state index in [4.69, 9.17) is 0 Å². The van der Waals surface area contributed by atoms with Crippen LogP contribution < -0.4 is 5.32 Å². The second kappa shape index (κ2) is 9.09. The average molecular weight is 248 g/mol. The van der Waals surface area contributed by atoms with Gasteiger partial charge in [-0.1, -0.05) is 45.1 Å². The fraction of sp³-hybridized carbons (Fsp3) is 0.688. The maximum absolute atomic E-state index is 4.39. The standard InChI is InChI=1S/C16H28N2/c1-4-5-6-7-8-11-14(2)18-15(3)16-12-9-10-13-17-16/h9-10,12-15,18H,4-8,11H2,1-3H3/t14?,15-/m1/s1. The summed E-state index contributed by atoms with van der Waals surface area (Å²) in [5.74, 6) is 0. The summed E-state index contributed by atoms with van der Waals surface area (Å²) in [5, 5.41) is 3.62. The fourth-order valence-corrected chi connectivity index (χ4v) is 2.28. The van der Waals surface area contributed by atoms with Crippen molar-refractivity contribution in [2.24, 2.45) is 0 Å². The van der Waals surface area contributed by atoms with E-state index < -0.39 is 0 Å². The first-order valence-corrected chi connectivity index (χ1v) is 7.41. The van der Waals surface area contributed by atoms with Crippen LogP contribution in [-0.2, 0) is 0 Å². The summed E-state index contributed by atoms with van der Waals surface area (Å²) in [6, 6.07) is 7.02. The van der Waals surface area contributed by atoms with Crippen LogP contribution in [0.4, 0.5) is 0 Å². The first-order valence-electron chi connectivity index (χ1n) is 7.41. The molecule has 0 amide bonds. The highest BCUT2D eigenvalue weighted by molar-refractivity contribution is 5.07. The van der Waals surface area contributed by atoms with Crippen molar-refractivity contribution in [1.82, 2.24) is 10.3 Å². The quantitative estimate of drug-likeness (QED) is 0.652. The predicted octanol–water partition coefficient (Wildman–Crippen LogP) is 4.48. The van der Waals surface area contributed by atoms with Crippen molar-refractivity contribution >= 4 is 0 Å². The van der Waals surface area contributed by atoms with Gasteiger partial charge >= 0.3 is 0 Å². The maximum Gasteiger partial charge on any atom is 0.0570 e. The van der Waals surface area contributed by atoms with Crippen LogP contribution in [-0.4, -0.2) is 11.0 Å². The molecule has 1 aromatic rings. The topological polar surface area (TPSA) is 24.9 Å². The highest BCUT2D eigenvalue weighted by atomic mass is 15.0. The van der Waals surface area contributed by atoms with E-state index in [1.54, 1.807) is 0 Å². The minimum Gasteiger partial charge on any atom is -0.306 e. The van der Waals surface area contributed by atoms with E-state index in [2.05, 4.69) is 43.2 Å². The molecule has 0 aliphatic carbocycles. The molecule has 2 nitrogen and oxygen atoms in total. The molecule has 1 rings (SSSR count). The van der Waals surface area contributed by atoms with Crippen LogP contribution in [0, 0.1) is 0 Å². The Hall–Kier alpha value is -0.890. The lowest BCUT2D eigenvalue weighted by molar-refractivity contribution is 0.432. The Morgan fingerprint density at radius 2 is 1.89 bits per heavy atom. The molecular formula is C16H28N2. The van der Waals surface area contributed by atoms with Gasteiger partial charge in [-0.2, -0.15) is 0 Å². The fourth-order valence-electron chi connectivity index (χ4n) is 2.28. The van der Waals surface area contributed by atoms with Gasteiger partial charge in [0.2, 0.25) is 0 Å². The number of unbranched alkanes of at least 4 members (excludes halogenated alkanes) is 4. The van der Waals surface area contributed by atoms with Crippen molar-refractivity contribution in [3.8, 4) is 0 Å². The third-order valence-corrected chi connectivity index (χ3v) is 3.41. The summed E-state index contributed by atoms with van der Waals surface area (Å²) < 4.78 is 0. The number of nitrogens with zero attached hydrogens (tertiary/aromatic N) is 1. The Bertz CT molecular complexity index is 297. The van der Waals surface area contributed by atoms with Crippen molar-refractivity contribution in [3.05, 3.63) is 30.1 Å². The van der Waals surface area contributed by atoms with Crippen molar-refractivity contribution in [1.29, 1.82) is 0 Å². The number of hydrogen-bond donors (Lipinski definition) is 1. The molecule has 1 aromatic heterocycles. The van der Waals surface area contributed by atoms with Crippen molar-refractivity contribution in [2.45, 2.75) is 71.4 Å². The van der Waals surface area contributed by atoms with Crippen molar-refractivity contribution in [2.75, 3.05) is 0 Å². The summed E-state index contributed by atoms with van der Waals surface area (Å²) in [6.07, 6.45) is 9.93. The van der Waals surface area contributed by atoms with Crippen molar-refractivity contribution < 1.29 is 0 Å². The molecule has 2 heteroatoms. The lowest BCUT2D eigenvalue weighted by atomic mass is 10.1. The summed E-state index contributed by atoms with van der Waals surface area (Å²) in [4.78, 5) is 4.39. The van der Waals surface area contributed by atoms with E-state index in [9.17, 15) is 0 Å². The van der Waals surface area contributed by atoms with E-state index in [0.29, 0.717) is 12.1 Å². The Morgan fingerprint density at radius 1 is 1.11 bits per heavy atom. The normalized spacial score (nSPS) is 14.4. The smallest absolute Gasteiger partial charge is 0.0570 e. The molecule has 2 atom stereocenters. The summed E-state index contributed by atoms with van der Waals surface area (Å²) in [5.41, 5.74) is 1.13. The summed E-state index contributed by atoms with van der Waals surface area (Å²) >= 11 is 0. The largest absolute Gasteiger partial charge is 0.306 e. The first-order chi connectivity index (χ1) is 8.74. The van der Waals surface area contributed by atoms with Gasteiger partial charge in [0.15, 0.2) is 0 Å². The van der Waals surface area contributed by atoms with Crippen molar-refractivity contribution in [3.63, 3.8) is 0 Å². The zero-order valence-corrected chi connectivity index (χ0v) is 12.2. The highest BCUT2D eigenvalue weighted by Crippen LogP contribution is 2.12. The van der Waals surface area contributed by atoms with E-state index in [1.165, 1.54) is 38.5 Å². The molecule has 102 valence electrons. The minimum absolute atomic E-state index is 0.344. The van der Waals surface area contributed by atoms with Gasteiger partial charge in [0.05, 0.1) is 5.69 Å². The molecule has 0 radical (unpaired) electrons. The average Bonchev–Trinajstić information content (AvgIpc) is 2.39. The van der Waals surface area contributed by atoms with Crippen LogP contribution in [0.25, 0.3) is 0 Å². The first kappa shape index (κ1) is 15.2. The summed E-state index contributed by atoms with van der Waals surface area (Å²) in [7, 11) is 0. The lowest BCUT2D eigenvalue weighted by Gasteiger charge is -2.19. The summed E-state index contributed by atoms with van der Waals surface area (Å²) in [6.45, 7) is 6.73. The van der Waals surface area contributed by atoms with Gasteiger partial charge < -0.3 is 5.32 Å². The SMILES string of the molecule is CCCCCCCC(C)N[C@H](C)c1ccccn1. The van der Waals surface area contributed by atoms with Gasteiger partial charge in [-0.25, -0.2) is 0 Å². The molecule has 0 saturated heterocycles. The van der Waals surface area contributed by atoms with Gasteiger partial charge in [-0.15, -0.1) is 0 Å². The van der Waals surface area contributed by atoms with Gasteiger partial charge in [0, 0.05) is 18.3 Å². The highest BCUT2D eigenvalue weighted by Gasteiger charge is 2.09. The van der Waals surface area contributed by atoms with Crippen LogP contribution >= 0.6 is 0 Å².